The van der Waals surface area contributed by atoms with Gasteiger partial charge in [0.05, 0.1) is 29.0 Å². The zero-order chi connectivity index (χ0) is 25.2. The number of ether oxygens (including phenoxy) is 1. The molecule has 1 aliphatic heterocycles. The molecule has 1 aromatic heterocycles. The SMILES string of the molecule is O=C(OCC(O)CO)c1ccc(-c2ccccc2)cc1N1C(=O)c2ccc(-c3c[nH]nn3)cc2C1=O. The van der Waals surface area contributed by atoms with Gasteiger partial charge in [-0.25, -0.2) is 9.69 Å². The molecular weight excluding hydrogens is 464 g/mol. The molecule has 0 spiro atoms. The van der Waals surface area contributed by atoms with Gasteiger partial charge in [0.15, 0.2) is 0 Å². The Balaban J connectivity index is 1.58. The Bertz CT molecular complexity index is 1450. The average molecular weight is 484 g/mol. The van der Waals surface area contributed by atoms with E-state index in [1.807, 2.05) is 30.3 Å². The van der Waals surface area contributed by atoms with Crippen molar-refractivity contribution in [1.82, 2.24) is 15.4 Å². The Morgan fingerprint density at radius 3 is 2.42 bits per heavy atom. The number of carbonyl (C=O) groups excluding carboxylic acids is 3. The second kappa shape index (κ2) is 9.53. The van der Waals surface area contributed by atoms with Crippen LogP contribution in [0.15, 0.2) is 72.9 Å². The van der Waals surface area contributed by atoms with Crippen LogP contribution in [-0.4, -0.2) is 62.7 Å². The molecule has 1 aliphatic rings. The highest BCUT2D eigenvalue weighted by Gasteiger charge is 2.39. The Hall–Kier alpha value is -4.67. The number of aliphatic hydroxyl groups excluding tert-OH is 2. The van der Waals surface area contributed by atoms with Crippen LogP contribution < -0.4 is 4.90 Å². The lowest BCUT2D eigenvalue weighted by molar-refractivity contribution is 0.00940. The number of H-pyrrole nitrogens is 1. The number of hydrogen-bond acceptors (Lipinski definition) is 8. The van der Waals surface area contributed by atoms with Crippen molar-refractivity contribution in [2.24, 2.45) is 0 Å². The standard InChI is InChI=1S/C26H20N4O6/c31-13-18(32)14-36-26(35)20-9-6-16(15-4-2-1-3-5-15)11-23(20)30-24(33)19-8-7-17(10-21(19)25(30)34)22-12-27-29-28-22/h1-12,18,31-32H,13-14H2,(H,27,28,29). The Labute approximate surface area is 204 Å². The van der Waals surface area contributed by atoms with Crippen molar-refractivity contribution in [2.45, 2.75) is 6.10 Å². The number of aliphatic hydroxyl groups is 2. The second-order valence-electron chi connectivity index (χ2n) is 8.10. The number of fused-ring (bicyclic) bond motifs is 1. The van der Waals surface area contributed by atoms with Gasteiger partial charge in [0.2, 0.25) is 0 Å². The summed E-state index contributed by atoms with van der Waals surface area (Å²) in [5.41, 5.74) is 2.97. The first kappa shape index (κ1) is 23.1. The van der Waals surface area contributed by atoms with E-state index in [0.717, 1.165) is 10.5 Å². The fourth-order valence-electron chi connectivity index (χ4n) is 3.96. The van der Waals surface area contributed by atoms with E-state index in [1.165, 1.54) is 12.1 Å². The van der Waals surface area contributed by atoms with Gasteiger partial charge in [-0.15, -0.1) is 5.10 Å². The molecule has 3 N–H and O–H groups in total. The number of imide groups is 1. The molecule has 180 valence electrons. The topological polar surface area (TPSA) is 146 Å². The van der Waals surface area contributed by atoms with Crippen LogP contribution in [0.4, 0.5) is 5.69 Å². The number of hydrogen-bond donors (Lipinski definition) is 3. The average Bonchev–Trinajstić information content (AvgIpc) is 3.54. The number of carbonyl (C=O) groups is 3. The van der Waals surface area contributed by atoms with Gasteiger partial charge in [0.1, 0.15) is 18.4 Å². The van der Waals surface area contributed by atoms with Crippen LogP contribution in [0.3, 0.4) is 0 Å². The van der Waals surface area contributed by atoms with E-state index in [9.17, 15) is 19.5 Å². The van der Waals surface area contributed by atoms with Crippen LogP contribution in [0.2, 0.25) is 0 Å². The number of aromatic nitrogens is 3. The lowest BCUT2D eigenvalue weighted by Gasteiger charge is -2.19. The first-order valence-corrected chi connectivity index (χ1v) is 11.0. The van der Waals surface area contributed by atoms with Crippen molar-refractivity contribution in [2.75, 3.05) is 18.1 Å². The molecule has 10 heteroatoms. The Kier molecular flexibility index (Phi) is 6.11. The molecule has 5 rings (SSSR count). The highest BCUT2D eigenvalue weighted by Crippen LogP contribution is 2.35. The minimum absolute atomic E-state index is 0.0361. The number of rotatable bonds is 7. The van der Waals surface area contributed by atoms with Gasteiger partial charge in [-0.1, -0.05) is 47.7 Å². The van der Waals surface area contributed by atoms with E-state index in [2.05, 4.69) is 15.4 Å². The van der Waals surface area contributed by atoms with E-state index < -0.39 is 37.1 Å². The van der Waals surface area contributed by atoms with E-state index in [0.29, 0.717) is 16.8 Å². The fourth-order valence-corrected chi connectivity index (χ4v) is 3.96. The molecule has 0 fully saturated rings. The lowest BCUT2D eigenvalue weighted by atomic mass is 10.0. The summed E-state index contributed by atoms with van der Waals surface area (Å²) < 4.78 is 5.13. The zero-order valence-corrected chi connectivity index (χ0v) is 18.8. The molecule has 0 bridgehead atoms. The van der Waals surface area contributed by atoms with Gasteiger partial charge >= 0.3 is 5.97 Å². The minimum Gasteiger partial charge on any atom is -0.459 e. The summed E-state index contributed by atoms with van der Waals surface area (Å²) >= 11 is 0. The first-order chi connectivity index (χ1) is 17.5. The molecule has 1 atom stereocenters. The van der Waals surface area contributed by atoms with Gasteiger partial charge in [-0.05, 0) is 35.4 Å². The number of esters is 1. The molecule has 0 aliphatic carbocycles. The lowest BCUT2D eigenvalue weighted by Crippen LogP contribution is -2.31. The highest BCUT2D eigenvalue weighted by atomic mass is 16.5. The normalized spacial score (nSPS) is 13.6. The molecule has 0 saturated carbocycles. The molecule has 1 unspecified atom stereocenters. The predicted octanol–water partition coefficient (Wildman–Crippen LogP) is 2.45. The van der Waals surface area contributed by atoms with Crippen molar-refractivity contribution >= 4 is 23.5 Å². The van der Waals surface area contributed by atoms with E-state index in [-0.39, 0.29) is 22.4 Å². The van der Waals surface area contributed by atoms with Crippen LogP contribution in [0, 0.1) is 0 Å². The van der Waals surface area contributed by atoms with Crippen LogP contribution in [0.1, 0.15) is 31.1 Å². The molecule has 0 saturated heterocycles. The Morgan fingerprint density at radius 1 is 0.944 bits per heavy atom. The van der Waals surface area contributed by atoms with E-state index in [4.69, 9.17) is 9.84 Å². The number of aromatic amines is 1. The van der Waals surface area contributed by atoms with E-state index >= 15 is 0 Å². The number of nitrogens with zero attached hydrogens (tertiary/aromatic N) is 3. The van der Waals surface area contributed by atoms with Gasteiger partial charge in [0.25, 0.3) is 11.8 Å². The summed E-state index contributed by atoms with van der Waals surface area (Å²) in [6.07, 6.45) is 0.314. The second-order valence-corrected chi connectivity index (χ2v) is 8.10. The van der Waals surface area contributed by atoms with Crippen molar-refractivity contribution in [3.8, 4) is 22.4 Å². The summed E-state index contributed by atoms with van der Waals surface area (Å²) in [6, 6.07) is 18.8. The van der Waals surface area contributed by atoms with Crippen LogP contribution in [0.5, 0.6) is 0 Å². The molecule has 0 radical (unpaired) electrons. The summed E-state index contributed by atoms with van der Waals surface area (Å²) in [5.74, 6) is -2.04. The van der Waals surface area contributed by atoms with Gasteiger partial charge in [-0.2, -0.15) is 0 Å². The molecule has 2 amide bonds. The molecule has 36 heavy (non-hydrogen) atoms. The van der Waals surface area contributed by atoms with Crippen molar-refractivity contribution < 1.29 is 29.3 Å². The first-order valence-electron chi connectivity index (χ1n) is 11.0. The smallest absolute Gasteiger partial charge is 0.340 e. The maximum Gasteiger partial charge on any atom is 0.340 e. The van der Waals surface area contributed by atoms with Crippen molar-refractivity contribution in [1.29, 1.82) is 0 Å². The molecule has 3 aromatic carbocycles. The summed E-state index contributed by atoms with van der Waals surface area (Å²) in [4.78, 5) is 40.7. The largest absolute Gasteiger partial charge is 0.459 e. The third-order valence-corrected chi connectivity index (χ3v) is 5.78. The van der Waals surface area contributed by atoms with Crippen molar-refractivity contribution in [3.63, 3.8) is 0 Å². The van der Waals surface area contributed by atoms with Gasteiger partial charge < -0.3 is 14.9 Å². The molecule has 10 nitrogen and oxygen atoms in total. The zero-order valence-electron chi connectivity index (χ0n) is 18.8. The van der Waals surface area contributed by atoms with Gasteiger partial charge in [-0.3, -0.25) is 14.7 Å². The highest BCUT2D eigenvalue weighted by molar-refractivity contribution is 6.35. The molecule has 4 aromatic rings. The van der Waals surface area contributed by atoms with Crippen LogP contribution in [0.25, 0.3) is 22.4 Å². The quantitative estimate of drug-likeness (QED) is 0.268. The number of anilines is 1. The molecular formula is C26H20N4O6. The predicted molar refractivity (Wildman–Crippen MR) is 128 cm³/mol. The number of benzene rings is 3. The minimum atomic E-state index is -1.25. The monoisotopic (exact) mass is 484 g/mol. The third kappa shape index (κ3) is 4.15. The summed E-state index contributed by atoms with van der Waals surface area (Å²) in [5, 5.41) is 28.8. The maximum atomic E-state index is 13.5. The molecule has 2 heterocycles. The maximum absolute atomic E-state index is 13.5. The fraction of sp³-hybridized carbons (Fsp3) is 0.115. The number of nitrogens with one attached hydrogen (secondary N) is 1. The summed E-state index contributed by atoms with van der Waals surface area (Å²) in [6.45, 7) is -1.03. The third-order valence-electron chi connectivity index (χ3n) is 5.78. The van der Waals surface area contributed by atoms with Gasteiger partial charge in [0, 0.05) is 11.8 Å². The summed E-state index contributed by atoms with van der Waals surface area (Å²) in [7, 11) is 0. The van der Waals surface area contributed by atoms with E-state index in [1.54, 1.807) is 30.5 Å². The van der Waals surface area contributed by atoms with Crippen molar-refractivity contribution in [3.05, 3.63) is 89.6 Å². The van der Waals surface area contributed by atoms with Crippen LogP contribution >= 0.6 is 0 Å². The number of amides is 2. The Morgan fingerprint density at radius 2 is 1.69 bits per heavy atom. The van der Waals surface area contributed by atoms with Crippen LogP contribution in [-0.2, 0) is 4.74 Å².